The average molecular weight is 382 g/mol. The lowest BCUT2D eigenvalue weighted by Gasteiger charge is -2.13. The zero-order chi connectivity index (χ0) is 19.0. The van der Waals surface area contributed by atoms with Crippen LogP contribution in [0.15, 0.2) is 48.5 Å². The van der Waals surface area contributed by atoms with E-state index < -0.39 is 11.7 Å². The van der Waals surface area contributed by atoms with Crippen molar-refractivity contribution in [2.75, 3.05) is 18.5 Å². The molecule has 140 valence electrons. The Kier molecular flexibility index (Phi) is 7.26. The molecule has 0 heterocycles. The van der Waals surface area contributed by atoms with Gasteiger partial charge in [-0.2, -0.15) is 13.2 Å². The third-order valence-electron chi connectivity index (χ3n) is 3.65. The molecule has 2 aromatic rings. The molecule has 0 fully saturated rings. The first-order valence-electron chi connectivity index (χ1n) is 8.33. The van der Waals surface area contributed by atoms with Crippen molar-refractivity contribution in [3.8, 4) is 5.75 Å². The van der Waals surface area contributed by atoms with E-state index in [2.05, 4.69) is 10.6 Å². The second kappa shape index (κ2) is 9.43. The van der Waals surface area contributed by atoms with E-state index in [4.69, 9.17) is 17.0 Å². The van der Waals surface area contributed by atoms with Crippen LogP contribution in [0, 0.1) is 0 Å². The zero-order valence-electron chi connectivity index (χ0n) is 14.4. The number of hydrogen-bond acceptors (Lipinski definition) is 2. The molecule has 7 heteroatoms. The fraction of sp³-hybridized carbons (Fsp3) is 0.316. The first-order valence-corrected chi connectivity index (χ1v) is 8.74. The first-order chi connectivity index (χ1) is 12.4. The number of aryl methyl sites for hydroxylation is 1. The summed E-state index contributed by atoms with van der Waals surface area (Å²) in [7, 11) is 0. The maximum Gasteiger partial charge on any atom is 0.416 e. The van der Waals surface area contributed by atoms with Crippen LogP contribution in [0.25, 0.3) is 0 Å². The van der Waals surface area contributed by atoms with Crippen molar-refractivity contribution in [2.45, 2.75) is 25.9 Å². The van der Waals surface area contributed by atoms with Gasteiger partial charge >= 0.3 is 6.18 Å². The second-order valence-corrected chi connectivity index (χ2v) is 6.01. The summed E-state index contributed by atoms with van der Waals surface area (Å²) >= 11 is 5.17. The predicted molar refractivity (Wildman–Crippen MR) is 102 cm³/mol. The smallest absolute Gasteiger partial charge is 0.416 e. The second-order valence-electron chi connectivity index (χ2n) is 5.60. The topological polar surface area (TPSA) is 33.3 Å². The third-order valence-corrected chi connectivity index (χ3v) is 3.90. The molecule has 0 aliphatic carbocycles. The highest BCUT2D eigenvalue weighted by Crippen LogP contribution is 2.29. The van der Waals surface area contributed by atoms with Crippen molar-refractivity contribution in [2.24, 2.45) is 0 Å². The van der Waals surface area contributed by atoms with Crippen LogP contribution in [0.5, 0.6) is 5.75 Å². The summed E-state index contributed by atoms with van der Waals surface area (Å²) in [5.74, 6) is 0.889. The number of rotatable bonds is 7. The Hall–Kier alpha value is -2.28. The van der Waals surface area contributed by atoms with E-state index in [-0.39, 0.29) is 0 Å². The van der Waals surface area contributed by atoms with Crippen molar-refractivity contribution in [3.63, 3.8) is 0 Å². The third kappa shape index (κ3) is 6.22. The van der Waals surface area contributed by atoms with Gasteiger partial charge in [0.1, 0.15) is 5.75 Å². The Bertz CT molecular complexity index is 717. The van der Waals surface area contributed by atoms with Crippen molar-refractivity contribution < 1.29 is 17.9 Å². The van der Waals surface area contributed by atoms with Gasteiger partial charge in [0, 0.05) is 12.2 Å². The molecule has 0 aliphatic rings. The minimum Gasteiger partial charge on any atom is -0.494 e. The van der Waals surface area contributed by atoms with Crippen LogP contribution >= 0.6 is 12.2 Å². The molecule has 0 bridgehead atoms. The first kappa shape index (κ1) is 20.0. The fourth-order valence-electron chi connectivity index (χ4n) is 2.41. The van der Waals surface area contributed by atoms with Crippen LogP contribution in [-0.4, -0.2) is 18.3 Å². The molecule has 0 atom stereocenters. The van der Waals surface area contributed by atoms with Gasteiger partial charge in [0.15, 0.2) is 5.11 Å². The number of thiocarbonyl (C=S) groups is 1. The maximum absolute atomic E-state index is 12.5. The van der Waals surface area contributed by atoms with E-state index in [9.17, 15) is 13.2 Å². The van der Waals surface area contributed by atoms with Crippen LogP contribution in [0.2, 0.25) is 0 Å². The van der Waals surface area contributed by atoms with E-state index in [1.807, 2.05) is 31.2 Å². The van der Waals surface area contributed by atoms with Crippen molar-refractivity contribution in [1.29, 1.82) is 0 Å². The molecule has 0 spiro atoms. The van der Waals surface area contributed by atoms with Gasteiger partial charge in [-0.3, -0.25) is 0 Å². The normalized spacial score (nSPS) is 11.1. The molecule has 0 saturated carbocycles. The van der Waals surface area contributed by atoms with Gasteiger partial charge in [-0.1, -0.05) is 18.2 Å². The van der Waals surface area contributed by atoms with Crippen molar-refractivity contribution in [1.82, 2.24) is 5.32 Å². The van der Waals surface area contributed by atoms with E-state index in [0.717, 1.165) is 36.3 Å². The van der Waals surface area contributed by atoms with Crippen LogP contribution in [-0.2, 0) is 12.6 Å². The Morgan fingerprint density at radius 1 is 1.08 bits per heavy atom. The molecule has 0 amide bonds. The lowest BCUT2D eigenvalue weighted by atomic mass is 10.1. The summed E-state index contributed by atoms with van der Waals surface area (Å²) in [5.41, 5.74) is 0.963. The minimum absolute atomic E-state index is 0.378. The van der Waals surface area contributed by atoms with E-state index in [0.29, 0.717) is 24.0 Å². The molecule has 0 radical (unpaired) electrons. The van der Waals surface area contributed by atoms with Crippen LogP contribution in [0.1, 0.15) is 24.5 Å². The molecule has 0 unspecified atom stereocenters. The molecule has 2 aromatic carbocycles. The molecule has 2 N–H and O–H groups in total. The molecule has 26 heavy (non-hydrogen) atoms. The van der Waals surface area contributed by atoms with Gasteiger partial charge in [0.2, 0.25) is 0 Å². The van der Waals surface area contributed by atoms with Gasteiger partial charge in [-0.05, 0) is 67.9 Å². The Morgan fingerprint density at radius 2 is 1.77 bits per heavy atom. The summed E-state index contributed by atoms with van der Waals surface area (Å²) in [4.78, 5) is 0. The molecule has 2 rings (SSSR count). The number of benzene rings is 2. The number of ether oxygens (including phenoxy) is 1. The van der Waals surface area contributed by atoms with Gasteiger partial charge in [-0.15, -0.1) is 0 Å². The largest absolute Gasteiger partial charge is 0.494 e. The van der Waals surface area contributed by atoms with Crippen molar-refractivity contribution in [3.05, 3.63) is 59.7 Å². The summed E-state index contributed by atoms with van der Waals surface area (Å²) < 4.78 is 43.2. The van der Waals surface area contributed by atoms with Crippen LogP contribution in [0.4, 0.5) is 18.9 Å². The lowest BCUT2D eigenvalue weighted by molar-refractivity contribution is -0.137. The van der Waals surface area contributed by atoms with Gasteiger partial charge in [-0.25, -0.2) is 0 Å². The molecule has 3 nitrogen and oxygen atoms in total. The number of para-hydroxylation sites is 1. The average Bonchev–Trinajstić information content (AvgIpc) is 2.60. The number of halogens is 3. The zero-order valence-corrected chi connectivity index (χ0v) is 15.2. The number of nitrogens with one attached hydrogen (secondary N) is 2. The minimum atomic E-state index is -4.34. The van der Waals surface area contributed by atoms with Crippen LogP contribution in [0.3, 0.4) is 0 Å². The number of alkyl halides is 3. The maximum atomic E-state index is 12.5. The number of anilines is 1. The van der Waals surface area contributed by atoms with Gasteiger partial charge in [0.05, 0.1) is 12.2 Å². The summed E-state index contributed by atoms with van der Waals surface area (Å²) in [5, 5.41) is 6.31. The highest BCUT2D eigenvalue weighted by Gasteiger charge is 2.29. The summed E-state index contributed by atoms with van der Waals surface area (Å²) in [6.07, 6.45) is -2.65. The fourth-order valence-corrected chi connectivity index (χ4v) is 2.63. The van der Waals surface area contributed by atoms with Gasteiger partial charge < -0.3 is 15.4 Å². The molecule has 0 saturated heterocycles. The monoisotopic (exact) mass is 382 g/mol. The predicted octanol–water partition coefficient (Wildman–Crippen LogP) is 5.02. The van der Waals surface area contributed by atoms with Gasteiger partial charge in [0.25, 0.3) is 0 Å². The van der Waals surface area contributed by atoms with Crippen LogP contribution < -0.4 is 15.4 Å². The number of hydrogen-bond donors (Lipinski definition) is 2. The summed E-state index contributed by atoms with van der Waals surface area (Å²) in [6, 6.07) is 12.7. The van der Waals surface area contributed by atoms with E-state index in [1.54, 1.807) is 0 Å². The summed E-state index contributed by atoms with van der Waals surface area (Å²) in [6.45, 7) is 3.22. The molecule has 0 aliphatic heterocycles. The quantitative estimate of drug-likeness (QED) is 0.520. The molecular formula is C19H21F3N2OS. The highest BCUT2D eigenvalue weighted by molar-refractivity contribution is 7.80. The standard InChI is InChI=1S/C19H21F3N2OS/c1-2-25-17-8-4-3-6-14(17)7-5-13-23-18(26)24-16-11-9-15(10-12-16)19(20,21)22/h3-4,6,8-12H,2,5,7,13H2,1H3,(H2,23,24,26). The molecular weight excluding hydrogens is 361 g/mol. The Balaban J connectivity index is 1.76. The molecule has 0 aromatic heterocycles. The van der Waals surface area contributed by atoms with E-state index >= 15 is 0 Å². The van der Waals surface area contributed by atoms with Crippen molar-refractivity contribution >= 4 is 23.0 Å². The Labute approximate surface area is 156 Å². The highest BCUT2D eigenvalue weighted by atomic mass is 32.1. The SMILES string of the molecule is CCOc1ccccc1CCCNC(=S)Nc1ccc(C(F)(F)F)cc1. The Morgan fingerprint density at radius 3 is 2.42 bits per heavy atom. The van der Waals surface area contributed by atoms with E-state index in [1.165, 1.54) is 12.1 Å². The lowest BCUT2D eigenvalue weighted by Crippen LogP contribution is -2.29.